The molecule has 0 aliphatic carbocycles. The summed E-state index contributed by atoms with van der Waals surface area (Å²) < 4.78 is 5.33. The zero-order valence-electron chi connectivity index (χ0n) is 12.6. The van der Waals surface area contributed by atoms with Gasteiger partial charge in [0, 0.05) is 6.54 Å². The van der Waals surface area contributed by atoms with E-state index >= 15 is 0 Å². The van der Waals surface area contributed by atoms with Crippen molar-refractivity contribution in [3.05, 3.63) is 0 Å². The minimum absolute atomic E-state index is 0.324. The number of nitrogens with zero attached hydrogens (tertiary/aromatic N) is 1. The van der Waals surface area contributed by atoms with Gasteiger partial charge >= 0.3 is 6.09 Å². The number of nitrogens with two attached hydrogens (primary N) is 1. The Morgan fingerprint density at radius 2 is 1.95 bits per heavy atom. The molecule has 5 heteroatoms. The number of primary amides is 1. The summed E-state index contributed by atoms with van der Waals surface area (Å²) in [5, 5.41) is 0. The van der Waals surface area contributed by atoms with Crippen LogP contribution in [0.4, 0.5) is 4.79 Å². The molecule has 5 nitrogen and oxygen atoms in total. The van der Waals surface area contributed by atoms with E-state index in [1.165, 1.54) is 4.90 Å². The molecule has 1 saturated heterocycles. The van der Waals surface area contributed by atoms with Crippen LogP contribution < -0.4 is 5.73 Å². The number of ether oxygens (including phenoxy) is 1. The maximum atomic E-state index is 12.1. The second kappa shape index (κ2) is 5.80. The largest absolute Gasteiger partial charge is 0.444 e. The van der Waals surface area contributed by atoms with Crippen molar-refractivity contribution in [2.45, 2.75) is 59.1 Å². The van der Waals surface area contributed by atoms with E-state index < -0.39 is 23.6 Å². The Balaban J connectivity index is 2.74. The zero-order valence-corrected chi connectivity index (χ0v) is 12.6. The van der Waals surface area contributed by atoms with Gasteiger partial charge in [0.1, 0.15) is 11.6 Å². The number of amides is 2. The van der Waals surface area contributed by atoms with Gasteiger partial charge in [0.05, 0.1) is 0 Å². The number of carbonyl (C=O) groups excluding carboxylic acids is 2. The first kappa shape index (κ1) is 15.8. The predicted octanol–water partition coefficient (Wildman–Crippen LogP) is 2.14. The SMILES string of the molecule is CC(C)C[C@@H]1C[C@@H](C(N)=O)N(C(=O)OC(C)(C)C)C1. The number of carbonyl (C=O) groups is 2. The van der Waals surface area contributed by atoms with Crippen LogP contribution in [0.25, 0.3) is 0 Å². The third-order valence-corrected chi connectivity index (χ3v) is 3.15. The summed E-state index contributed by atoms with van der Waals surface area (Å²) in [6, 6.07) is -0.529. The smallest absolute Gasteiger partial charge is 0.410 e. The first-order valence-electron chi connectivity index (χ1n) is 6.89. The van der Waals surface area contributed by atoms with Crippen LogP contribution in [0.15, 0.2) is 0 Å². The lowest BCUT2D eigenvalue weighted by Gasteiger charge is -2.27. The molecule has 1 rings (SSSR count). The third-order valence-electron chi connectivity index (χ3n) is 3.15. The molecule has 1 heterocycles. The predicted molar refractivity (Wildman–Crippen MR) is 73.5 cm³/mol. The molecule has 0 aromatic rings. The van der Waals surface area contributed by atoms with Crippen LogP contribution in [-0.2, 0) is 9.53 Å². The van der Waals surface area contributed by atoms with Gasteiger partial charge in [0.2, 0.25) is 5.91 Å². The van der Waals surface area contributed by atoms with Crippen LogP contribution in [0.5, 0.6) is 0 Å². The fourth-order valence-electron chi connectivity index (χ4n) is 2.55. The van der Waals surface area contributed by atoms with Crippen LogP contribution in [0.1, 0.15) is 47.5 Å². The second-order valence-electron chi connectivity index (χ2n) is 6.78. The van der Waals surface area contributed by atoms with E-state index in [-0.39, 0.29) is 0 Å². The van der Waals surface area contributed by atoms with E-state index in [2.05, 4.69) is 13.8 Å². The van der Waals surface area contributed by atoms with Crippen LogP contribution in [0.2, 0.25) is 0 Å². The number of likely N-dealkylation sites (tertiary alicyclic amines) is 1. The lowest BCUT2D eigenvalue weighted by Crippen LogP contribution is -2.45. The maximum absolute atomic E-state index is 12.1. The summed E-state index contributed by atoms with van der Waals surface area (Å²) >= 11 is 0. The summed E-state index contributed by atoms with van der Waals surface area (Å²) in [5.41, 5.74) is 4.83. The molecule has 0 spiro atoms. The molecule has 0 saturated carbocycles. The second-order valence-corrected chi connectivity index (χ2v) is 6.78. The Labute approximate surface area is 115 Å². The highest BCUT2D eigenvalue weighted by atomic mass is 16.6. The van der Waals surface area contributed by atoms with Gasteiger partial charge in [-0.25, -0.2) is 4.79 Å². The average Bonchev–Trinajstić information content (AvgIpc) is 2.57. The summed E-state index contributed by atoms with van der Waals surface area (Å²) in [5.74, 6) is 0.416. The summed E-state index contributed by atoms with van der Waals surface area (Å²) in [4.78, 5) is 25.1. The van der Waals surface area contributed by atoms with E-state index in [1.807, 2.05) is 20.8 Å². The van der Waals surface area contributed by atoms with Crippen molar-refractivity contribution in [2.24, 2.45) is 17.6 Å². The van der Waals surface area contributed by atoms with Gasteiger partial charge in [-0.1, -0.05) is 13.8 Å². The maximum Gasteiger partial charge on any atom is 0.410 e. The van der Waals surface area contributed by atoms with Crippen molar-refractivity contribution >= 4 is 12.0 Å². The van der Waals surface area contributed by atoms with Crippen molar-refractivity contribution in [1.29, 1.82) is 0 Å². The van der Waals surface area contributed by atoms with Crippen molar-refractivity contribution < 1.29 is 14.3 Å². The van der Waals surface area contributed by atoms with Crippen LogP contribution in [-0.4, -0.2) is 35.1 Å². The Bertz CT molecular complexity index is 347. The van der Waals surface area contributed by atoms with E-state index in [0.29, 0.717) is 24.8 Å². The molecule has 0 unspecified atom stereocenters. The normalized spacial score (nSPS) is 23.8. The van der Waals surface area contributed by atoms with E-state index in [4.69, 9.17) is 10.5 Å². The van der Waals surface area contributed by atoms with Gasteiger partial charge in [-0.15, -0.1) is 0 Å². The highest BCUT2D eigenvalue weighted by Crippen LogP contribution is 2.29. The van der Waals surface area contributed by atoms with E-state index in [1.54, 1.807) is 0 Å². The van der Waals surface area contributed by atoms with E-state index in [9.17, 15) is 9.59 Å². The highest BCUT2D eigenvalue weighted by Gasteiger charge is 2.40. The molecular formula is C14H26N2O3. The molecule has 2 atom stereocenters. The molecule has 2 amide bonds. The molecule has 1 aliphatic heterocycles. The quantitative estimate of drug-likeness (QED) is 0.854. The Morgan fingerprint density at radius 1 is 1.37 bits per heavy atom. The molecule has 0 aromatic carbocycles. The Kier molecular flexibility index (Phi) is 4.82. The summed E-state index contributed by atoms with van der Waals surface area (Å²) in [6.07, 6.45) is 1.19. The third kappa shape index (κ3) is 4.73. The lowest BCUT2D eigenvalue weighted by atomic mass is 9.95. The fourth-order valence-corrected chi connectivity index (χ4v) is 2.55. The monoisotopic (exact) mass is 270 g/mol. The fraction of sp³-hybridized carbons (Fsp3) is 0.857. The molecule has 0 bridgehead atoms. The topological polar surface area (TPSA) is 72.6 Å². The van der Waals surface area contributed by atoms with Gasteiger partial charge in [0.15, 0.2) is 0 Å². The van der Waals surface area contributed by atoms with E-state index in [0.717, 1.165) is 6.42 Å². The summed E-state index contributed by atoms with van der Waals surface area (Å²) in [6.45, 7) is 10.3. The highest BCUT2D eigenvalue weighted by molar-refractivity contribution is 5.85. The number of rotatable bonds is 3. The standard InChI is InChI=1S/C14H26N2O3/c1-9(2)6-10-7-11(12(15)17)16(8-10)13(18)19-14(3,4)5/h9-11H,6-8H2,1-5H3,(H2,15,17)/t10-,11+/m1/s1. The molecule has 0 radical (unpaired) electrons. The van der Waals surface area contributed by atoms with Crippen LogP contribution in [0, 0.1) is 11.8 Å². The molecule has 0 aromatic heterocycles. The first-order valence-corrected chi connectivity index (χ1v) is 6.89. The van der Waals surface area contributed by atoms with Gasteiger partial charge in [-0.3, -0.25) is 9.69 Å². The minimum Gasteiger partial charge on any atom is -0.444 e. The molecule has 1 aliphatic rings. The Morgan fingerprint density at radius 3 is 2.37 bits per heavy atom. The molecule has 1 fully saturated rings. The van der Waals surface area contributed by atoms with Gasteiger partial charge in [-0.2, -0.15) is 0 Å². The average molecular weight is 270 g/mol. The first-order chi connectivity index (χ1) is 8.60. The molecular weight excluding hydrogens is 244 g/mol. The van der Waals surface area contributed by atoms with Gasteiger partial charge in [-0.05, 0) is 45.4 Å². The zero-order chi connectivity index (χ0) is 14.8. The van der Waals surface area contributed by atoms with Crippen molar-refractivity contribution in [3.8, 4) is 0 Å². The summed E-state index contributed by atoms with van der Waals surface area (Å²) in [7, 11) is 0. The van der Waals surface area contributed by atoms with Gasteiger partial charge < -0.3 is 10.5 Å². The van der Waals surface area contributed by atoms with Gasteiger partial charge in [0.25, 0.3) is 0 Å². The number of hydrogen-bond acceptors (Lipinski definition) is 3. The van der Waals surface area contributed by atoms with Crippen molar-refractivity contribution in [3.63, 3.8) is 0 Å². The van der Waals surface area contributed by atoms with Crippen molar-refractivity contribution in [1.82, 2.24) is 4.90 Å². The van der Waals surface area contributed by atoms with Crippen LogP contribution >= 0.6 is 0 Å². The van der Waals surface area contributed by atoms with Crippen LogP contribution in [0.3, 0.4) is 0 Å². The molecule has 19 heavy (non-hydrogen) atoms. The Hall–Kier alpha value is -1.26. The lowest BCUT2D eigenvalue weighted by molar-refractivity contribution is -0.122. The minimum atomic E-state index is -0.560. The molecule has 110 valence electrons. The molecule has 2 N–H and O–H groups in total. The van der Waals surface area contributed by atoms with Crippen molar-refractivity contribution in [2.75, 3.05) is 6.54 Å². The number of hydrogen-bond donors (Lipinski definition) is 1.